The van der Waals surface area contributed by atoms with Crippen LogP contribution in [0.2, 0.25) is 0 Å². The van der Waals surface area contributed by atoms with Crippen molar-refractivity contribution >= 4 is 5.91 Å². The predicted molar refractivity (Wildman–Crippen MR) is 66.8 cm³/mol. The van der Waals surface area contributed by atoms with Crippen molar-refractivity contribution in [1.29, 1.82) is 0 Å². The minimum atomic E-state index is -0.375. The van der Waals surface area contributed by atoms with Crippen LogP contribution >= 0.6 is 0 Å². The number of ether oxygens (including phenoxy) is 1. The second-order valence-corrected chi connectivity index (χ2v) is 4.97. The highest BCUT2D eigenvalue weighted by Gasteiger charge is 2.24. The number of carbonyl (C=O) groups excluding carboxylic acids is 1. The van der Waals surface area contributed by atoms with Crippen LogP contribution in [-0.4, -0.2) is 41.7 Å². The Kier molecular flexibility index (Phi) is 2.96. The number of piperidine rings is 1. The summed E-state index contributed by atoms with van der Waals surface area (Å²) >= 11 is 0. The summed E-state index contributed by atoms with van der Waals surface area (Å²) in [6.45, 7) is 1.89. The van der Waals surface area contributed by atoms with Gasteiger partial charge in [-0.25, -0.2) is 0 Å². The average molecular weight is 247 g/mol. The lowest BCUT2D eigenvalue weighted by atomic mass is 10.0. The van der Waals surface area contributed by atoms with Gasteiger partial charge in [0, 0.05) is 25.1 Å². The van der Waals surface area contributed by atoms with Crippen molar-refractivity contribution in [3.63, 3.8) is 0 Å². The Hall–Kier alpha value is -1.55. The minimum Gasteiger partial charge on any atom is -0.493 e. The molecule has 18 heavy (non-hydrogen) atoms. The van der Waals surface area contributed by atoms with Crippen molar-refractivity contribution in [2.45, 2.75) is 25.4 Å². The monoisotopic (exact) mass is 247 g/mol. The fourth-order valence-corrected chi connectivity index (χ4v) is 2.64. The molecule has 0 aliphatic carbocycles. The van der Waals surface area contributed by atoms with Gasteiger partial charge in [-0.2, -0.15) is 0 Å². The van der Waals surface area contributed by atoms with Gasteiger partial charge in [-0.3, -0.25) is 4.79 Å². The number of amides is 1. The van der Waals surface area contributed by atoms with E-state index in [1.165, 1.54) is 0 Å². The number of likely N-dealkylation sites (tertiary alicyclic amines) is 1. The number of nitrogens with zero attached hydrogens (tertiary/aromatic N) is 1. The molecule has 0 aromatic heterocycles. The van der Waals surface area contributed by atoms with Crippen LogP contribution in [-0.2, 0) is 6.42 Å². The van der Waals surface area contributed by atoms with Crippen LogP contribution < -0.4 is 4.74 Å². The second kappa shape index (κ2) is 4.61. The largest absolute Gasteiger partial charge is 0.493 e. The van der Waals surface area contributed by atoms with E-state index in [-0.39, 0.29) is 12.0 Å². The average Bonchev–Trinajstić information content (AvgIpc) is 2.85. The SMILES string of the molecule is O=C(c1ccc2c(c1)CCO2)N1CCCC(O)C1. The number of aliphatic hydroxyl groups excluding tert-OH is 1. The van der Waals surface area contributed by atoms with Gasteiger partial charge in [0.1, 0.15) is 5.75 Å². The van der Waals surface area contributed by atoms with E-state index in [9.17, 15) is 9.90 Å². The van der Waals surface area contributed by atoms with E-state index in [1.807, 2.05) is 18.2 Å². The Balaban J connectivity index is 1.79. The normalized spacial score (nSPS) is 22.5. The van der Waals surface area contributed by atoms with Crippen molar-refractivity contribution in [3.05, 3.63) is 29.3 Å². The Bertz CT molecular complexity index is 472. The van der Waals surface area contributed by atoms with Gasteiger partial charge < -0.3 is 14.7 Å². The Labute approximate surface area is 106 Å². The first-order valence-electron chi connectivity index (χ1n) is 6.47. The highest BCUT2D eigenvalue weighted by atomic mass is 16.5. The summed E-state index contributed by atoms with van der Waals surface area (Å²) in [6, 6.07) is 5.61. The number of hydrogen-bond donors (Lipinski definition) is 1. The smallest absolute Gasteiger partial charge is 0.253 e. The molecule has 1 N–H and O–H groups in total. The summed E-state index contributed by atoms with van der Waals surface area (Å²) in [5.74, 6) is 0.911. The number of β-amino-alcohol motifs (C(OH)–C–C–N with tert-alkyl or cyclic N) is 1. The van der Waals surface area contributed by atoms with Crippen LogP contribution in [0.4, 0.5) is 0 Å². The molecule has 4 nitrogen and oxygen atoms in total. The van der Waals surface area contributed by atoms with Crippen molar-refractivity contribution < 1.29 is 14.6 Å². The van der Waals surface area contributed by atoms with E-state index in [0.717, 1.165) is 37.1 Å². The lowest BCUT2D eigenvalue weighted by Gasteiger charge is -2.30. The van der Waals surface area contributed by atoms with Gasteiger partial charge in [0.25, 0.3) is 5.91 Å². The van der Waals surface area contributed by atoms with E-state index in [0.29, 0.717) is 18.7 Å². The lowest BCUT2D eigenvalue weighted by molar-refractivity contribution is 0.0473. The molecule has 3 rings (SSSR count). The molecular formula is C14H17NO3. The van der Waals surface area contributed by atoms with Gasteiger partial charge in [-0.15, -0.1) is 0 Å². The molecule has 4 heteroatoms. The Morgan fingerprint density at radius 1 is 1.44 bits per heavy atom. The second-order valence-electron chi connectivity index (χ2n) is 4.97. The molecule has 1 unspecified atom stereocenters. The van der Waals surface area contributed by atoms with Crippen LogP contribution in [0.1, 0.15) is 28.8 Å². The molecule has 1 fully saturated rings. The third kappa shape index (κ3) is 2.08. The molecule has 1 atom stereocenters. The molecule has 1 saturated heterocycles. The fraction of sp³-hybridized carbons (Fsp3) is 0.500. The molecule has 1 aromatic carbocycles. The van der Waals surface area contributed by atoms with Crippen LogP contribution in [0.3, 0.4) is 0 Å². The van der Waals surface area contributed by atoms with Gasteiger partial charge in [-0.05, 0) is 36.6 Å². The van der Waals surface area contributed by atoms with Crippen molar-refractivity contribution in [2.24, 2.45) is 0 Å². The van der Waals surface area contributed by atoms with Crippen LogP contribution in [0, 0.1) is 0 Å². The predicted octanol–water partition coefficient (Wildman–Crippen LogP) is 1.22. The summed E-state index contributed by atoms with van der Waals surface area (Å²) in [5.41, 5.74) is 1.81. The zero-order valence-electron chi connectivity index (χ0n) is 10.3. The number of hydrogen-bond acceptors (Lipinski definition) is 3. The standard InChI is InChI=1S/C14H17NO3/c16-12-2-1-6-15(9-12)14(17)11-3-4-13-10(8-11)5-7-18-13/h3-4,8,12,16H,1-2,5-7,9H2. The van der Waals surface area contributed by atoms with Gasteiger partial charge in [0.15, 0.2) is 0 Å². The molecule has 96 valence electrons. The summed E-state index contributed by atoms with van der Waals surface area (Å²) in [6.07, 6.45) is 2.17. The first-order chi connectivity index (χ1) is 8.74. The molecule has 2 heterocycles. The molecule has 2 aliphatic rings. The minimum absolute atomic E-state index is 0.0171. The lowest BCUT2D eigenvalue weighted by Crippen LogP contribution is -2.42. The molecule has 0 bridgehead atoms. The molecule has 2 aliphatic heterocycles. The fourth-order valence-electron chi connectivity index (χ4n) is 2.64. The van der Waals surface area contributed by atoms with E-state index in [2.05, 4.69) is 0 Å². The van der Waals surface area contributed by atoms with Gasteiger partial charge in [0.2, 0.25) is 0 Å². The van der Waals surface area contributed by atoms with Crippen molar-refractivity contribution in [3.8, 4) is 5.75 Å². The highest BCUT2D eigenvalue weighted by Crippen LogP contribution is 2.26. The maximum Gasteiger partial charge on any atom is 0.253 e. The molecule has 1 amide bonds. The number of aliphatic hydroxyl groups is 1. The van der Waals surface area contributed by atoms with Crippen LogP contribution in [0.25, 0.3) is 0 Å². The summed E-state index contributed by atoms with van der Waals surface area (Å²) in [5, 5.41) is 9.62. The maximum absolute atomic E-state index is 12.3. The van der Waals surface area contributed by atoms with Gasteiger partial charge in [-0.1, -0.05) is 0 Å². The van der Waals surface area contributed by atoms with E-state index < -0.39 is 0 Å². The number of carbonyl (C=O) groups is 1. The zero-order chi connectivity index (χ0) is 12.5. The van der Waals surface area contributed by atoms with E-state index in [4.69, 9.17) is 4.74 Å². The van der Waals surface area contributed by atoms with Crippen LogP contribution in [0.15, 0.2) is 18.2 Å². The number of fused-ring (bicyclic) bond motifs is 1. The molecule has 0 radical (unpaired) electrons. The first kappa shape index (κ1) is 11.5. The summed E-state index contributed by atoms with van der Waals surface area (Å²) in [4.78, 5) is 14.1. The molecule has 0 saturated carbocycles. The zero-order valence-corrected chi connectivity index (χ0v) is 10.3. The highest BCUT2D eigenvalue weighted by molar-refractivity contribution is 5.94. The maximum atomic E-state index is 12.3. The summed E-state index contributed by atoms with van der Waals surface area (Å²) < 4.78 is 5.43. The first-order valence-corrected chi connectivity index (χ1v) is 6.47. The van der Waals surface area contributed by atoms with E-state index in [1.54, 1.807) is 4.90 Å². The Morgan fingerprint density at radius 3 is 3.17 bits per heavy atom. The molecule has 1 aromatic rings. The van der Waals surface area contributed by atoms with Crippen molar-refractivity contribution in [1.82, 2.24) is 4.90 Å². The molecular weight excluding hydrogens is 230 g/mol. The summed E-state index contributed by atoms with van der Waals surface area (Å²) in [7, 11) is 0. The topological polar surface area (TPSA) is 49.8 Å². The third-order valence-electron chi connectivity index (χ3n) is 3.62. The Morgan fingerprint density at radius 2 is 2.33 bits per heavy atom. The quantitative estimate of drug-likeness (QED) is 0.811. The van der Waals surface area contributed by atoms with E-state index >= 15 is 0 Å². The number of benzene rings is 1. The van der Waals surface area contributed by atoms with Crippen LogP contribution in [0.5, 0.6) is 5.75 Å². The van der Waals surface area contributed by atoms with Gasteiger partial charge >= 0.3 is 0 Å². The van der Waals surface area contributed by atoms with Crippen molar-refractivity contribution in [2.75, 3.05) is 19.7 Å². The third-order valence-corrected chi connectivity index (χ3v) is 3.62. The number of rotatable bonds is 1. The molecule has 0 spiro atoms. The van der Waals surface area contributed by atoms with Gasteiger partial charge in [0.05, 0.1) is 12.7 Å².